The standard InChI is InChI=1S/C24H31N3O14/c1-11(28)36-10-17(38-13(3)30)20(40-15(5)32)21-19(39-14(4)31)16(37-12(2)29)9-24(41-21,22(33)35-6)27-8-7-18(25)26-23(27)34/h7-8,16-17,19-21H,9-10H2,1-6H3,(H2,25,26,34)/t16-,17+,19+,20+,21+,24+/m0/s1. The van der Waals surface area contributed by atoms with Gasteiger partial charge >= 0.3 is 41.5 Å². The van der Waals surface area contributed by atoms with Gasteiger partial charge in [0.1, 0.15) is 24.6 Å². The average Bonchev–Trinajstić information content (AvgIpc) is 2.84. The molecule has 2 N–H and O–H groups in total. The first-order valence-electron chi connectivity index (χ1n) is 12.0. The second kappa shape index (κ2) is 13.7. The Labute approximate surface area is 233 Å². The molecule has 41 heavy (non-hydrogen) atoms. The number of hydrogen-bond donors (Lipinski definition) is 1. The molecule has 17 nitrogen and oxygen atoms in total. The van der Waals surface area contributed by atoms with Crippen molar-refractivity contribution in [3.8, 4) is 0 Å². The van der Waals surface area contributed by atoms with E-state index in [1.54, 1.807) is 0 Å². The van der Waals surface area contributed by atoms with Crippen molar-refractivity contribution >= 4 is 41.6 Å². The smallest absolute Gasteiger partial charge is 0.360 e. The molecule has 1 aliphatic rings. The first-order chi connectivity index (χ1) is 19.1. The van der Waals surface area contributed by atoms with Crippen LogP contribution in [0.5, 0.6) is 0 Å². The number of rotatable bonds is 10. The molecule has 17 heteroatoms. The van der Waals surface area contributed by atoms with E-state index in [4.69, 9.17) is 38.9 Å². The number of methoxy groups -OCH3 is 1. The lowest BCUT2D eigenvalue weighted by Gasteiger charge is -2.48. The van der Waals surface area contributed by atoms with Crippen LogP contribution in [-0.2, 0) is 67.7 Å². The molecule has 1 saturated heterocycles. The normalized spacial score (nSPS) is 23.2. The van der Waals surface area contributed by atoms with Gasteiger partial charge in [-0.25, -0.2) is 9.59 Å². The monoisotopic (exact) mass is 585 g/mol. The predicted molar refractivity (Wildman–Crippen MR) is 131 cm³/mol. The summed E-state index contributed by atoms with van der Waals surface area (Å²) in [5.41, 5.74) is 2.01. The largest absolute Gasteiger partial charge is 0.465 e. The zero-order valence-electron chi connectivity index (χ0n) is 23.1. The van der Waals surface area contributed by atoms with Gasteiger partial charge in [-0.2, -0.15) is 4.98 Å². The van der Waals surface area contributed by atoms with E-state index < -0.39 is 90.8 Å². The van der Waals surface area contributed by atoms with Gasteiger partial charge in [0, 0.05) is 47.2 Å². The minimum Gasteiger partial charge on any atom is -0.465 e. The summed E-state index contributed by atoms with van der Waals surface area (Å²) in [6, 6.07) is 1.16. The molecule has 0 spiro atoms. The maximum Gasteiger partial charge on any atom is 0.360 e. The second-order valence-corrected chi connectivity index (χ2v) is 8.81. The second-order valence-electron chi connectivity index (χ2n) is 8.81. The minimum absolute atomic E-state index is 0.206. The molecule has 0 saturated carbocycles. The van der Waals surface area contributed by atoms with Crippen molar-refractivity contribution < 1.29 is 61.9 Å². The van der Waals surface area contributed by atoms with Crippen LogP contribution in [0.3, 0.4) is 0 Å². The van der Waals surface area contributed by atoms with Gasteiger partial charge in [0.05, 0.1) is 7.11 Å². The number of anilines is 1. The fourth-order valence-electron chi connectivity index (χ4n) is 4.24. The molecule has 226 valence electrons. The average molecular weight is 586 g/mol. The minimum atomic E-state index is -2.49. The Balaban J connectivity index is 2.90. The van der Waals surface area contributed by atoms with Crippen molar-refractivity contribution in [1.29, 1.82) is 0 Å². The van der Waals surface area contributed by atoms with Crippen molar-refractivity contribution in [2.45, 2.75) is 77.3 Å². The molecule has 1 fully saturated rings. The number of aromatic nitrogens is 2. The quantitative estimate of drug-likeness (QED) is 0.249. The highest BCUT2D eigenvalue weighted by atomic mass is 16.7. The predicted octanol–water partition coefficient (Wildman–Crippen LogP) is -1.27. The molecule has 2 rings (SSSR count). The maximum absolute atomic E-state index is 13.4. The van der Waals surface area contributed by atoms with Crippen molar-refractivity contribution in [3.63, 3.8) is 0 Å². The Morgan fingerprint density at radius 1 is 1.00 bits per heavy atom. The van der Waals surface area contributed by atoms with Crippen molar-refractivity contribution in [1.82, 2.24) is 9.55 Å². The third kappa shape index (κ3) is 8.23. The van der Waals surface area contributed by atoms with Crippen LogP contribution in [0.1, 0.15) is 41.0 Å². The molecule has 1 aliphatic heterocycles. The van der Waals surface area contributed by atoms with Gasteiger partial charge in [0.25, 0.3) is 5.72 Å². The third-order valence-corrected chi connectivity index (χ3v) is 5.60. The van der Waals surface area contributed by atoms with E-state index in [0.717, 1.165) is 54.0 Å². The fraction of sp³-hybridized carbons (Fsp3) is 0.583. The van der Waals surface area contributed by atoms with Crippen molar-refractivity contribution in [2.75, 3.05) is 19.5 Å². The molecule has 0 amide bonds. The van der Waals surface area contributed by atoms with Gasteiger partial charge in [0.2, 0.25) is 0 Å². The van der Waals surface area contributed by atoms with Crippen LogP contribution in [-0.4, -0.2) is 89.6 Å². The van der Waals surface area contributed by atoms with Gasteiger partial charge in [-0.15, -0.1) is 0 Å². The number of hydrogen-bond acceptors (Lipinski definition) is 16. The van der Waals surface area contributed by atoms with E-state index >= 15 is 0 Å². The molecular formula is C24H31N3O14. The number of nitrogen functional groups attached to an aromatic ring is 1. The van der Waals surface area contributed by atoms with Crippen LogP contribution in [0.4, 0.5) is 5.82 Å². The van der Waals surface area contributed by atoms with Gasteiger partial charge in [-0.05, 0) is 6.07 Å². The lowest BCUT2D eigenvalue weighted by molar-refractivity contribution is -0.287. The number of esters is 6. The number of ether oxygens (including phenoxy) is 7. The van der Waals surface area contributed by atoms with E-state index in [2.05, 4.69) is 4.98 Å². The van der Waals surface area contributed by atoms with E-state index in [1.807, 2.05) is 0 Å². The van der Waals surface area contributed by atoms with Gasteiger partial charge < -0.3 is 38.9 Å². The number of carbonyl (C=O) groups is 6. The Morgan fingerprint density at radius 2 is 1.61 bits per heavy atom. The molecular weight excluding hydrogens is 554 g/mol. The molecule has 1 aromatic heterocycles. The van der Waals surface area contributed by atoms with Crippen LogP contribution in [0, 0.1) is 0 Å². The zero-order chi connectivity index (χ0) is 31.1. The third-order valence-electron chi connectivity index (χ3n) is 5.60. The van der Waals surface area contributed by atoms with Crippen LogP contribution in [0.2, 0.25) is 0 Å². The number of nitrogens with zero attached hydrogens (tertiary/aromatic N) is 2. The highest BCUT2D eigenvalue weighted by molar-refractivity contribution is 5.78. The van der Waals surface area contributed by atoms with Gasteiger partial charge in [0.15, 0.2) is 18.3 Å². The molecule has 0 aromatic carbocycles. The summed E-state index contributed by atoms with van der Waals surface area (Å²) in [4.78, 5) is 90.0. The topological polar surface area (TPSA) is 228 Å². The van der Waals surface area contributed by atoms with Gasteiger partial charge in [-0.3, -0.25) is 28.5 Å². The number of carbonyl (C=O) groups excluding carboxylic acids is 6. The van der Waals surface area contributed by atoms with Gasteiger partial charge in [-0.1, -0.05) is 0 Å². The van der Waals surface area contributed by atoms with Crippen molar-refractivity contribution in [3.05, 3.63) is 22.7 Å². The first-order valence-corrected chi connectivity index (χ1v) is 12.0. The van der Waals surface area contributed by atoms with E-state index in [1.165, 1.54) is 0 Å². The summed E-state index contributed by atoms with van der Waals surface area (Å²) in [6.07, 6.45) is -8.04. The lowest BCUT2D eigenvalue weighted by Crippen LogP contribution is -2.67. The van der Waals surface area contributed by atoms with Crippen molar-refractivity contribution in [2.24, 2.45) is 0 Å². The lowest BCUT2D eigenvalue weighted by atomic mass is 9.88. The highest BCUT2D eigenvalue weighted by Crippen LogP contribution is 2.39. The summed E-state index contributed by atoms with van der Waals surface area (Å²) in [5.74, 6) is -5.90. The molecule has 2 heterocycles. The molecule has 0 unspecified atom stereocenters. The molecule has 0 bridgehead atoms. The molecule has 0 radical (unpaired) electrons. The van der Waals surface area contributed by atoms with Crippen LogP contribution < -0.4 is 11.4 Å². The Hall–Kier alpha value is -4.54. The highest BCUT2D eigenvalue weighted by Gasteiger charge is 2.60. The summed E-state index contributed by atoms with van der Waals surface area (Å²) in [7, 11) is 0.975. The zero-order valence-corrected chi connectivity index (χ0v) is 23.1. The summed E-state index contributed by atoms with van der Waals surface area (Å²) in [5, 5.41) is 0. The summed E-state index contributed by atoms with van der Waals surface area (Å²) >= 11 is 0. The van der Waals surface area contributed by atoms with Crippen LogP contribution in [0.15, 0.2) is 17.1 Å². The summed E-state index contributed by atoms with van der Waals surface area (Å²) < 4.78 is 38.2. The SMILES string of the molecule is COC(=O)[C@@]1(n2ccc(N)nc2=O)C[C@H](OC(C)=O)[C@@H](OC(C)=O)[C@H]([C@H](OC(C)=O)[C@@H](COC(C)=O)OC(C)=O)O1. The van der Waals surface area contributed by atoms with E-state index in [0.29, 0.717) is 4.57 Å². The Morgan fingerprint density at radius 3 is 2.10 bits per heavy atom. The fourth-order valence-corrected chi connectivity index (χ4v) is 4.24. The van der Waals surface area contributed by atoms with Crippen LogP contribution in [0.25, 0.3) is 0 Å². The Bertz CT molecular complexity index is 1250. The summed E-state index contributed by atoms with van der Waals surface area (Å²) in [6.45, 7) is 4.41. The molecule has 0 aliphatic carbocycles. The van der Waals surface area contributed by atoms with E-state index in [-0.39, 0.29) is 5.82 Å². The molecule has 1 aromatic rings. The first kappa shape index (κ1) is 32.7. The number of nitrogens with two attached hydrogens (primary N) is 1. The molecule has 6 atom stereocenters. The van der Waals surface area contributed by atoms with Crippen LogP contribution >= 0.6 is 0 Å². The Kier molecular flexibility index (Phi) is 10.9. The van der Waals surface area contributed by atoms with E-state index in [9.17, 15) is 33.6 Å². The maximum atomic E-state index is 13.4.